The van der Waals surface area contributed by atoms with Crippen LogP contribution in [0.15, 0.2) is 30.5 Å². The predicted molar refractivity (Wildman–Crippen MR) is 83.8 cm³/mol. The monoisotopic (exact) mass is 285 g/mol. The number of nitrogens with one attached hydrogen (secondary N) is 1. The van der Waals surface area contributed by atoms with Crippen LogP contribution in [0.3, 0.4) is 0 Å². The third-order valence-electron chi connectivity index (χ3n) is 4.14. The third kappa shape index (κ3) is 2.81. The number of rotatable bonds is 4. The van der Waals surface area contributed by atoms with Gasteiger partial charge in [0.1, 0.15) is 5.75 Å². The van der Waals surface area contributed by atoms with Gasteiger partial charge in [-0.2, -0.15) is 5.10 Å². The van der Waals surface area contributed by atoms with Crippen LogP contribution in [0.5, 0.6) is 5.75 Å². The Balaban J connectivity index is 1.84. The summed E-state index contributed by atoms with van der Waals surface area (Å²) in [6.07, 6.45) is 4.01. The quantitative estimate of drug-likeness (QED) is 0.939. The van der Waals surface area contributed by atoms with E-state index in [2.05, 4.69) is 54.7 Å². The smallest absolute Gasteiger partial charge is 0.122 e. The Morgan fingerprint density at radius 1 is 1.38 bits per heavy atom. The van der Waals surface area contributed by atoms with Crippen LogP contribution in [0, 0.1) is 0 Å². The Labute approximate surface area is 126 Å². The minimum Gasteiger partial charge on any atom is -0.496 e. The van der Waals surface area contributed by atoms with E-state index in [0.717, 1.165) is 30.8 Å². The minimum atomic E-state index is 0.319. The summed E-state index contributed by atoms with van der Waals surface area (Å²) in [6.45, 7) is 5.29. The molecule has 1 atom stereocenters. The van der Waals surface area contributed by atoms with Crippen molar-refractivity contribution < 1.29 is 4.74 Å². The first-order valence-corrected chi connectivity index (χ1v) is 7.62. The number of fused-ring (bicyclic) bond motifs is 1. The molecule has 1 aliphatic heterocycles. The molecule has 112 valence electrons. The van der Waals surface area contributed by atoms with Crippen molar-refractivity contribution in [1.29, 1.82) is 0 Å². The van der Waals surface area contributed by atoms with Gasteiger partial charge in [0.05, 0.1) is 12.8 Å². The predicted octanol–water partition coefficient (Wildman–Crippen LogP) is 2.90. The highest BCUT2D eigenvalue weighted by Gasteiger charge is 2.23. The molecule has 0 amide bonds. The molecule has 0 aliphatic carbocycles. The molecule has 0 spiro atoms. The van der Waals surface area contributed by atoms with Crippen molar-refractivity contribution in [2.75, 3.05) is 13.7 Å². The van der Waals surface area contributed by atoms with Crippen molar-refractivity contribution in [3.8, 4) is 5.75 Å². The first-order chi connectivity index (χ1) is 10.2. The maximum Gasteiger partial charge on any atom is 0.122 e. The van der Waals surface area contributed by atoms with Gasteiger partial charge in [-0.05, 0) is 44.5 Å². The molecule has 3 rings (SSSR count). The summed E-state index contributed by atoms with van der Waals surface area (Å²) < 4.78 is 7.52. The molecule has 0 saturated carbocycles. The maximum absolute atomic E-state index is 5.50. The van der Waals surface area contributed by atoms with Crippen LogP contribution >= 0.6 is 0 Å². The van der Waals surface area contributed by atoms with E-state index in [1.807, 2.05) is 4.68 Å². The Morgan fingerprint density at radius 2 is 2.24 bits per heavy atom. The van der Waals surface area contributed by atoms with Gasteiger partial charge in [-0.25, -0.2) is 0 Å². The zero-order valence-electron chi connectivity index (χ0n) is 13.0. The van der Waals surface area contributed by atoms with E-state index in [1.54, 1.807) is 7.11 Å². The number of nitrogens with zero attached hydrogens (tertiary/aromatic N) is 2. The van der Waals surface area contributed by atoms with Gasteiger partial charge < -0.3 is 10.1 Å². The topological polar surface area (TPSA) is 39.1 Å². The highest BCUT2D eigenvalue weighted by Crippen LogP contribution is 2.31. The summed E-state index contributed by atoms with van der Waals surface area (Å²) in [5.74, 6) is 1.01. The Morgan fingerprint density at radius 3 is 2.95 bits per heavy atom. The summed E-state index contributed by atoms with van der Waals surface area (Å²) in [5, 5.41) is 8.27. The molecule has 1 aromatic carbocycles. The van der Waals surface area contributed by atoms with E-state index in [4.69, 9.17) is 4.74 Å². The molecule has 1 unspecified atom stereocenters. The molecular weight excluding hydrogens is 262 g/mol. The largest absolute Gasteiger partial charge is 0.496 e. The lowest BCUT2D eigenvalue weighted by Crippen LogP contribution is -2.31. The summed E-state index contributed by atoms with van der Waals surface area (Å²) in [6, 6.07) is 9.17. The average Bonchev–Trinajstić information content (AvgIpc) is 2.96. The van der Waals surface area contributed by atoms with Gasteiger partial charge in [0.2, 0.25) is 0 Å². The van der Waals surface area contributed by atoms with Crippen LogP contribution in [0.2, 0.25) is 0 Å². The highest BCUT2D eigenvalue weighted by molar-refractivity contribution is 5.43. The zero-order chi connectivity index (χ0) is 14.8. The van der Waals surface area contributed by atoms with Gasteiger partial charge in [0.25, 0.3) is 0 Å². The highest BCUT2D eigenvalue weighted by atomic mass is 16.5. The van der Waals surface area contributed by atoms with Gasteiger partial charge >= 0.3 is 0 Å². The fourth-order valence-corrected chi connectivity index (χ4v) is 3.01. The molecule has 0 fully saturated rings. The third-order valence-corrected chi connectivity index (χ3v) is 4.14. The molecule has 2 aromatic rings. The summed E-state index contributed by atoms with van der Waals surface area (Å²) in [4.78, 5) is 0. The second kappa shape index (κ2) is 5.90. The molecule has 0 saturated heterocycles. The van der Waals surface area contributed by atoms with Crippen LogP contribution < -0.4 is 10.1 Å². The summed E-state index contributed by atoms with van der Waals surface area (Å²) in [5.41, 5.74) is 3.82. The number of methoxy groups -OCH3 is 1. The minimum absolute atomic E-state index is 0.319. The number of ether oxygens (including phenoxy) is 1. The van der Waals surface area contributed by atoms with E-state index in [9.17, 15) is 0 Å². The van der Waals surface area contributed by atoms with Gasteiger partial charge in [0, 0.05) is 30.3 Å². The molecule has 1 aromatic heterocycles. The summed E-state index contributed by atoms with van der Waals surface area (Å²) >= 11 is 0. The van der Waals surface area contributed by atoms with Crippen molar-refractivity contribution in [3.05, 3.63) is 47.3 Å². The molecule has 1 N–H and O–H groups in total. The molecule has 0 bridgehead atoms. The lowest BCUT2D eigenvalue weighted by atomic mass is 9.91. The zero-order valence-corrected chi connectivity index (χ0v) is 13.0. The van der Waals surface area contributed by atoms with Gasteiger partial charge in [-0.15, -0.1) is 0 Å². The van der Waals surface area contributed by atoms with Crippen molar-refractivity contribution in [2.45, 2.75) is 38.8 Å². The number of benzene rings is 1. The second-order valence-electron chi connectivity index (χ2n) is 5.87. The first kappa shape index (κ1) is 14.1. The maximum atomic E-state index is 5.50. The number of hydrogen-bond acceptors (Lipinski definition) is 3. The van der Waals surface area contributed by atoms with Gasteiger partial charge in [0.15, 0.2) is 0 Å². The van der Waals surface area contributed by atoms with Crippen LogP contribution in [-0.4, -0.2) is 23.4 Å². The second-order valence-corrected chi connectivity index (χ2v) is 5.87. The van der Waals surface area contributed by atoms with Gasteiger partial charge in [-0.3, -0.25) is 4.68 Å². The lowest BCUT2D eigenvalue weighted by Gasteiger charge is -2.27. The Hall–Kier alpha value is -1.81. The normalized spacial score (nSPS) is 17.8. The van der Waals surface area contributed by atoms with Crippen LogP contribution in [0.4, 0.5) is 0 Å². The van der Waals surface area contributed by atoms with Crippen LogP contribution in [0.25, 0.3) is 0 Å². The lowest BCUT2D eigenvalue weighted by molar-refractivity contribution is 0.399. The van der Waals surface area contributed by atoms with Crippen molar-refractivity contribution in [1.82, 2.24) is 15.1 Å². The van der Waals surface area contributed by atoms with E-state index in [-0.39, 0.29) is 0 Å². The molecule has 1 aliphatic rings. The Kier molecular flexibility index (Phi) is 3.97. The molecule has 0 radical (unpaired) electrons. The Bertz CT molecular complexity index is 618. The fourth-order valence-electron chi connectivity index (χ4n) is 3.01. The molecule has 4 nitrogen and oxygen atoms in total. The van der Waals surface area contributed by atoms with E-state index >= 15 is 0 Å². The molecule has 2 heterocycles. The van der Waals surface area contributed by atoms with Crippen molar-refractivity contribution >= 4 is 0 Å². The molecule has 21 heavy (non-hydrogen) atoms. The van der Waals surface area contributed by atoms with E-state index in [1.165, 1.54) is 11.1 Å². The summed E-state index contributed by atoms with van der Waals surface area (Å²) in [7, 11) is 1.75. The SMILES string of the molecule is COc1cccc2c1CCNC2Cc1ccn(C(C)C)n1. The fraction of sp³-hybridized carbons (Fsp3) is 0.471. The van der Waals surface area contributed by atoms with Crippen molar-refractivity contribution in [3.63, 3.8) is 0 Å². The van der Waals surface area contributed by atoms with E-state index in [0.29, 0.717) is 12.1 Å². The number of hydrogen-bond donors (Lipinski definition) is 1. The number of aromatic nitrogens is 2. The standard InChI is InChI=1S/C17H23N3O/c1-12(2)20-10-8-13(19-20)11-16-14-5-4-6-17(21-3)15(14)7-9-18-16/h4-6,8,10,12,16,18H,7,9,11H2,1-3H3. The van der Waals surface area contributed by atoms with E-state index < -0.39 is 0 Å². The average molecular weight is 285 g/mol. The molecule has 4 heteroatoms. The van der Waals surface area contributed by atoms with Gasteiger partial charge in [-0.1, -0.05) is 12.1 Å². The first-order valence-electron chi connectivity index (χ1n) is 7.62. The molecular formula is C17H23N3O. The van der Waals surface area contributed by atoms with Crippen LogP contribution in [-0.2, 0) is 12.8 Å². The van der Waals surface area contributed by atoms with Crippen molar-refractivity contribution in [2.24, 2.45) is 0 Å². The van der Waals surface area contributed by atoms with Crippen LogP contribution in [0.1, 0.15) is 42.8 Å².